The Balaban J connectivity index is 1.71. The third-order valence-corrected chi connectivity index (χ3v) is 8.03. The lowest BCUT2D eigenvalue weighted by Gasteiger charge is -2.22. The summed E-state index contributed by atoms with van der Waals surface area (Å²) in [6, 6.07) is 8.10. The average Bonchev–Trinajstić information content (AvgIpc) is 3.39. The number of aromatic hydroxyl groups is 1. The van der Waals surface area contributed by atoms with Gasteiger partial charge in [0.1, 0.15) is 24.5 Å². The van der Waals surface area contributed by atoms with E-state index in [4.69, 9.17) is 24.0 Å². The monoisotopic (exact) mass is 571 g/mol. The molecule has 1 aliphatic heterocycles. The van der Waals surface area contributed by atoms with Gasteiger partial charge in [-0.05, 0) is 12.1 Å². The van der Waals surface area contributed by atoms with E-state index in [2.05, 4.69) is 4.98 Å². The fraction of sp³-hybridized carbons (Fsp3) is 0.478. The van der Waals surface area contributed by atoms with E-state index in [0.29, 0.717) is 6.29 Å². The summed E-state index contributed by atoms with van der Waals surface area (Å²) in [6.45, 7) is 4.66. The molecule has 38 heavy (non-hydrogen) atoms. The zero-order chi connectivity index (χ0) is 28.1. The molecular weight excluding hydrogens is 541 g/mol. The number of aliphatic hydroxyl groups is 1. The number of phosphoric acid groups is 1. The molecule has 1 fully saturated rings. The molecule has 0 aliphatic carbocycles. The smallest absolute Gasteiger partial charge is 0.493 e. The molecule has 13 nitrogen and oxygen atoms in total. The van der Waals surface area contributed by atoms with Gasteiger partial charge in [-0.2, -0.15) is 0 Å². The Morgan fingerprint density at radius 1 is 1.26 bits per heavy atom. The number of carbonyl (C=O) groups excluding carboxylic acids is 3. The van der Waals surface area contributed by atoms with Crippen LogP contribution < -0.4 is 10.3 Å². The van der Waals surface area contributed by atoms with Gasteiger partial charge in [0, 0.05) is 11.2 Å². The fourth-order valence-electron chi connectivity index (χ4n) is 3.38. The number of thioether (sulfide) groups is 1. The van der Waals surface area contributed by atoms with Crippen molar-refractivity contribution in [1.29, 1.82) is 0 Å². The van der Waals surface area contributed by atoms with Gasteiger partial charge in [-0.25, -0.2) is 9.55 Å². The Labute approximate surface area is 223 Å². The molecular formula is C23H30N3O10PS. The Kier molecular flexibility index (Phi) is 9.74. The van der Waals surface area contributed by atoms with Gasteiger partial charge in [-0.15, -0.1) is 0 Å². The SMILES string of the molecule is CC(C)(C)C(=O)SCCOP(=O)(OC[C@H]1O[C@@H](n2cnc(C(N)=O)c2O)C(C=O)[C@@H]1O)Oc1ccccc1. The molecule has 3 rings (SSSR count). The first-order valence-corrected chi connectivity index (χ1v) is 14.0. The number of aromatic nitrogens is 2. The van der Waals surface area contributed by atoms with Crippen LogP contribution in [0.25, 0.3) is 0 Å². The van der Waals surface area contributed by atoms with Crippen molar-refractivity contribution in [3.05, 3.63) is 42.4 Å². The first-order valence-electron chi connectivity index (χ1n) is 11.5. The van der Waals surface area contributed by atoms with E-state index >= 15 is 0 Å². The molecule has 15 heteroatoms. The van der Waals surface area contributed by atoms with Gasteiger partial charge in [0.05, 0.1) is 25.2 Å². The molecule has 1 saturated heterocycles. The van der Waals surface area contributed by atoms with Crippen molar-refractivity contribution in [3.8, 4) is 11.6 Å². The second-order valence-corrected chi connectivity index (χ2v) is 12.0. The minimum atomic E-state index is -4.29. The number of nitrogens with two attached hydrogens (primary N) is 1. The number of imidazole rings is 1. The maximum absolute atomic E-state index is 13.4. The summed E-state index contributed by atoms with van der Waals surface area (Å²) in [5, 5.41) is 20.9. The van der Waals surface area contributed by atoms with Gasteiger partial charge in [-0.3, -0.25) is 23.2 Å². The second-order valence-electron chi connectivity index (χ2n) is 9.32. The van der Waals surface area contributed by atoms with Crippen molar-refractivity contribution >= 4 is 36.9 Å². The van der Waals surface area contributed by atoms with Crippen LogP contribution in [0.5, 0.6) is 11.6 Å². The Bertz CT molecular complexity index is 1190. The molecule has 5 atom stereocenters. The molecule has 2 unspecified atom stereocenters. The Hall–Kier alpha value is -2.74. The highest BCUT2D eigenvalue weighted by molar-refractivity contribution is 8.13. The topological polar surface area (TPSA) is 189 Å². The van der Waals surface area contributed by atoms with Gasteiger partial charge in [-0.1, -0.05) is 50.7 Å². The van der Waals surface area contributed by atoms with Gasteiger partial charge in [0.25, 0.3) is 5.91 Å². The van der Waals surface area contributed by atoms with Crippen molar-refractivity contribution in [2.75, 3.05) is 19.0 Å². The first-order chi connectivity index (χ1) is 17.9. The quantitative estimate of drug-likeness (QED) is 0.192. The van der Waals surface area contributed by atoms with Crippen molar-refractivity contribution in [2.45, 2.75) is 39.2 Å². The number of benzene rings is 1. The van der Waals surface area contributed by atoms with Crippen LogP contribution in [0.3, 0.4) is 0 Å². The van der Waals surface area contributed by atoms with E-state index in [1.54, 1.807) is 39.0 Å². The molecule has 1 aliphatic rings. The minimum Gasteiger partial charge on any atom is -0.493 e. The highest BCUT2D eigenvalue weighted by Crippen LogP contribution is 2.50. The standard InChI is InChI=1S/C23H30N3O10PS/c1-23(2,3)22(31)38-10-9-33-37(32,36-14-7-5-4-6-8-14)34-12-16-18(28)15(11-27)21(35-16)26-13-25-17(19(24)29)20(26)30/h4-8,11,13,15-16,18,21,28,30H,9-10,12H2,1-3H3,(H2,24,29)/t15?,16-,18+,21-,37?/m1/s1. The molecule has 1 aromatic heterocycles. The number of ether oxygens (including phenoxy) is 1. The van der Waals surface area contributed by atoms with E-state index in [1.165, 1.54) is 12.1 Å². The third kappa shape index (κ3) is 7.22. The Morgan fingerprint density at radius 3 is 2.53 bits per heavy atom. The largest absolute Gasteiger partial charge is 0.530 e. The summed E-state index contributed by atoms with van der Waals surface area (Å²) in [7, 11) is -4.29. The maximum atomic E-state index is 13.4. The number of amides is 1. The summed E-state index contributed by atoms with van der Waals surface area (Å²) in [5.74, 6) is -2.47. The van der Waals surface area contributed by atoms with Crippen LogP contribution in [0.4, 0.5) is 0 Å². The lowest BCUT2D eigenvalue weighted by Crippen LogP contribution is -2.31. The van der Waals surface area contributed by atoms with Crippen molar-refractivity contribution < 1.29 is 47.5 Å². The van der Waals surface area contributed by atoms with Crippen molar-refractivity contribution in [2.24, 2.45) is 17.1 Å². The first kappa shape index (κ1) is 29.8. The summed E-state index contributed by atoms with van der Waals surface area (Å²) in [6.07, 6.45) is -2.45. The minimum absolute atomic E-state index is 0.0727. The van der Waals surface area contributed by atoms with Crippen LogP contribution in [0.2, 0.25) is 0 Å². The van der Waals surface area contributed by atoms with Crippen LogP contribution >= 0.6 is 19.6 Å². The molecule has 0 spiro atoms. The van der Waals surface area contributed by atoms with E-state index in [9.17, 15) is 29.2 Å². The number of phosphoric ester groups is 1. The van der Waals surface area contributed by atoms with Crippen LogP contribution in [0.15, 0.2) is 36.7 Å². The van der Waals surface area contributed by atoms with Crippen LogP contribution in [-0.4, -0.2) is 68.2 Å². The number of hydrogen-bond donors (Lipinski definition) is 3. The average molecular weight is 572 g/mol. The van der Waals surface area contributed by atoms with E-state index in [-0.39, 0.29) is 23.2 Å². The van der Waals surface area contributed by atoms with Crippen LogP contribution in [0, 0.1) is 11.3 Å². The van der Waals surface area contributed by atoms with Crippen LogP contribution in [-0.2, 0) is 27.9 Å². The zero-order valence-electron chi connectivity index (χ0n) is 21.0. The number of hydrogen-bond acceptors (Lipinski definition) is 12. The number of rotatable bonds is 12. The molecule has 4 N–H and O–H groups in total. The number of aliphatic hydroxyl groups excluding tert-OH is 1. The van der Waals surface area contributed by atoms with Crippen molar-refractivity contribution in [1.82, 2.24) is 9.55 Å². The lowest BCUT2D eigenvalue weighted by molar-refractivity contribution is -0.117. The van der Waals surface area contributed by atoms with E-state index < -0.39 is 61.7 Å². The summed E-state index contributed by atoms with van der Waals surface area (Å²) in [4.78, 5) is 39.0. The maximum Gasteiger partial charge on any atom is 0.530 e. The fourth-order valence-corrected chi connectivity index (χ4v) is 5.50. The number of aldehydes is 1. The normalized spacial score (nSPS) is 23.1. The summed E-state index contributed by atoms with van der Waals surface area (Å²) >= 11 is 1.02. The molecule has 1 aromatic carbocycles. The predicted octanol–water partition coefficient (Wildman–Crippen LogP) is 2.29. The molecule has 0 saturated carbocycles. The highest BCUT2D eigenvalue weighted by atomic mass is 32.2. The number of para-hydroxylation sites is 1. The number of nitrogens with zero attached hydrogens (tertiary/aromatic N) is 2. The highest BCUT2D eigenvalue weighted by Gasteiger charge is 2.47. The van der Waals surface area contributed by atoms with Crippen molar-refractivity contribution in [3.63, 3.8) is 0 Å². The van der Waals surface area contributed by atoms with Gasteiger partial charge < -0.3 is 30.0 Å². The molecule has 208 valence electrons. The van der Waals surface area contributed by atoms with Crippen LogP contribution in [0.1, 0.15) is 37.5 Å². The number of carbonyl (C=O) groups is 3. The van der Waals surface area contributed by atoms with E-state index in [0.717, 1.165) is 22.7 Å². The molecule has 0 bridgehead atoms. The van der Waals surface area contributed by atoms with Gasteiger partial charge in [0.15, 0.2) is 17.0 Å². The second kappa shape index (κ2) is 12.4. The van der Waals surface area contributed by atoms with Gasteiger partial charge >= 0.3 is 7.82 Å². The number of primary amides is 1. The molecule has 2 aromatic rings. The summed E-state index contributed by atoms with van der Waals surface area (Å²) < 4.78 is 36.5. The zero-order valence-corrected chi connectivity index (χ0v) is 22.7. The molecule has 1 amide bonds. The molecule has 0 radical (unpaired) electrons. The summed E-state index contributed by atoms with van der Waals surface area (Å²) in [5.41, 5.74) is 4.16. The molecule has 2 heterocycles. The lowest BCUT2D eigenvalue weighted by atomic mass is 10.00. The third-order valence-electron chi connectivity index (χ3n) is 5.39. The van der Waals surface area contributed by atoms with E-state index in [1.807, 2.05) is 0 Å². The van der Waals surface area contributed by atoms with Gasteiger partial charge in [0.2, 0.25) is 5.88 Å². The predicted molar refractivity (Wildman–Crippen MR) is 135 cm³/mol. The Morgan fingerprint density at radius 2 is 1.95 bits per heavy atom.